The Labute approximate surface area is 436 Å². The molecule has 9 rings (SSSR count). The molecule has 2 heterocycles. The maximum atomic E-state index is 12.8. The number of nitrogens with zero attached hydrogens (tertiary/aromatic N) is 3. The van der Waals surface area contributed by atoms with Gasteiger partial charge >= 0.3 is 0 Å². The molecule has 0 atom stereocenters. The maximum Gasteiger partial charge on any atom is 0.148 e. The number of para-hydroxylation sites is 1. The molecule has 7 aromatic carbocycles. The van der Waals surface area contributed by atoms with Crippen molar-refractivity contribution in [2.45, 2.75) is 112 Å². The van der Waals surface area contributed by atoms with Gasteiger partial charge in [-0.1, -0.05) is 209 Å². The Bertz CT molecular complexity index is 3580. The first-order chi connectivity index (χ1) is 34.2. The molecule has 0 saturated heterocycles. The van der Waals surface area contributed by atoms with Gasteiger partial charge in [0.15, 0.2) is 0 Å². The first-order valence-corrected chi connectivity index (χ1v) is 24.1. The number of imidazole rings is 1. The maximum absolute atomic E-state index is 12.8. The number of fused-ring (bicyclic) bond motifs is 1. The number of rotatable bonds is 7. The van der Waals surface area contributed by atoms with Crippen LogP contribution >= 0.6 is 0 Å². The summed E-state index contributed by atoms with van der Waals surface area (Å²) in [6.07, 6.45) is 1.66. The molecule has 2 aromatic heterocycles. The standard InChI is InChI=1S/C65H66N3O.Pt/c1-41-27-29-42(30-28-41)45-31-32-66-56(36-45)47-33-46(34-48(35-47)62(2,3)4)50-25-20-26-57-59(50)67-61(53-37-49(63(5,6)7)38-55(60(53)69)65(11,12)13)68(57)58-40-51(43-21-16-14-17-22-43)54(64(8,9)10)39-52(58)44-23-18-15-19-24-44;/h14-32,34-40,69H,1-13H3;/q-1;/i27D,28D,29D,30D;. The minimum Gasteiger partial charge on any atom is -0.507 e. The van der Waals surface area contributed by atoms with Gasteiger partial charge in [-0.15, -0.1) is 29.3 Å². The number of phenolic OH excluding ortho intramolecular Hbond substituents is 1. The van der Waals surface area contributed by atoms with Crippen molar-refractivity contribution in [2.24, 2.45) is 0 Å². The zero-order valence-corrected chi connectivity index (χ0v) is 45.1. The normalized spacial score (nSPS) is 13.1. The molecule has 0 unspecified atom stereocenters. The van der Waals surface area contributed by atoms with Crippen molar-refractivity contribution >= 4 is 11.0 Å². The van der Waals surface area contributed by atoms with Crippen molar-refractivity contribution in [1.82, 2.24) is 14.5 Å². The smallest absolute Gasteiger partial charge is 0.148 e. The van der Waals surface area contributed by atoms with E-state index in [-0.39, 0.29) is 72.8 Å². The van der Waals surface area contributed by atoms with Gasteiger partial charge in [0.25, 0.3) is 0 Å². The molecule has 9 aromatic rings. The fourth-order valence-corrected chi connectivity index (χ4v) is 9.19. The summed E-state index contributed by atoms with van der Waals surface area (Å²) >= 11 is 0. The van der Waals surface area contributed by atoms with Crippen molar-refractivity contribution in [3.8, 4) is 78.6 Å². The fraction of sp³-hybridized carbons (Fsp3) is 0.262. The van der Waals surface area contributed by atoms with Crippen LogP contribution in [0.15, 0.2) is 158 Å². The van der Waals surface area contributed by atoms with Crippen molar-refractivity contribution in [3.63, 3.8) is 0 Å². The van der Waals surface area contributed by atoms with Gasteiger partial charge in [0, 0.05) is 44.1 Å². The second-order valence-electron chi connectivity index (χ2n) is 22.6. The van der Waals surface area contributed by atoms with Gasteiger partial charge < -0.3 is 5.11 Å². The molecular weight excluding hydrogens is 1030 g/mol. The molecule has 0 radical (unpaired) electrons. The number of benzene rings is 7. The second-order valence-corrected chi connectivity index (χ2v) is 22.6. The van der Waals surface area contributed by atoms with Gasteiger partial charge in [-0.2, -0.15) is 0 Å². The molecule has 0 fully saturated rings. The predicted octanol–water partition coefficient (Wildman–Crippen LogP) is 17.4. The van der Waals surface area contributed by atoms with Gasteiger partial charge in [0.05, 0.1) is 27.8 Å². The largest absolute Gasteiger partial charge is 0.507 e. The molecule has 4 nitrogen and oxygen atoms in total. The topological polar surface area (TPSA) is 50.9 Å². The minimum absolute atomic E-state index is 0. The number of hydrogen-bond acceptors (Lipinski definition) is 3. The Morgan fingerprint density at radius 1 is 0.514 bits per heavy atom. The van der Waals surface area contributed by atoms with Crippen molar-refractivity contribution in [1.29, 1.82) is 0 Å². The summed E-state index contributed by atoms with van der Waals surface area (Å²) in [6, 6.07) is 47.7. The summed E-state index contributed by atoms with van der Waals surface area (Å²) in [4.78, 5) is 10.6. The average molecular weight is 1100 g/mol. The van der Waals surface area contributed by atoms with Crippen LogP contribution in [0.25, 0.3) is 83.9 Å². The Kier molecular flexibility index (Phi) is 12.0. The van der Waals surface area contributed by atoms with Crippen LogP contribution in [-0.2, 0) is 42.7 Å². The van der Waals surface area contributed by atoms with E-state index < -0.39 is 5.41 Å². The summed E-state index contributed by atoms with van der Waals surface area (Å²) in [5, 5.41) is 12.8. The monoisotopic (exact) mass is 1100 g/mol. The molecule has 358 valence electrons. The van der Waals surface area contributed by atoms with E-state index in [1.54, 1.807) is 19.2 Å². The first kappa shape index (κ1) is 44.8. The van der Waals surface area contributed by atoms with E-state index in [1.165, 1.54) is 5.56 Å². The number of aromatic hydroxyl groups is 1. The number of aromatic nitrogens is 3. The Morgan fingerprint density at radius 2 is 1.10 bits per heavy atom. The van der Waals surface area contributed by atoms with Crippen LogP contribution in [0, 0.1) is 13.0 Å². The molecule has 0 spiro atoms. The molecule has 0 amide bonds. The molecule has 1 N–H and O–H groups in total. The second kappa shape index (κ2) is 18.8. The molecule has 0 aliphatic heterocycles. The molecular formula is C65H66N3OPt-. The predicted molar refractivity (Wildman–Crippen MR) is 292 cm³/mol. The van der Waals surface area contributed by atoms with Gasteiger partial charge in [-0.05, 0) is 97.9 Å². The average Bonchev–Trinajstić information content (AvgIpc) is 3.73. The van der Waals surface area contributed by atoms with Crippen LogP contribution in [0.1, 0.15) is 116 Å². The molecule has 70 heavy (non-hydrogen) atoms. The number of hydrogen-bond donors (Lipinski definition) is 1. The summed E-state index contributed by atoms with van der Waals surface area (Å²) in [7, 11) is 0. The van der Waals surface area contributed by atoms with Crippen LogP contribution in [0.2, 0.25) is 0 Å². The molecule has 0 aliphatic rings. The van der Waals surface area contributed by atoms with E-state index in [1.807, 2.05) is 12.1 Å². The van der Waals surface area contributed by atoms with Crippen LogP contribution in [-0.4, -0.2) is 19.6 Å². The van der Waals surface area contributed by atoms with E-state index in [0.29, 0.717) is 33.8 Å². The van der Waals surface area contributed by atoms with Gasteiger partial charge in [-0.25, -0.2) is 4.98 Å². The van der Waals surface area contributed by atoms with Crippen molar-refractivity contribution in [3.05, 3.63) is 192 Å². The Balaban J connectivity index is 0.00000729. The Hall–Kier alpha value is -6.35. The zero-order valence-electron chi connectivity index (χ0n) is 46.8. The minimum atomic E-state index is -0.396. The Morgan fingerprint density at radius 3 is 1.70 bits per heavy atom. The summed E-state index contributed by atoms with van der Waals surface area (Å²) in [6.45, 7) is 28.0. The van der Waals surface area contributed by atoms with E-state index in [9.17, 15) is 5.11 Å². The third-order valence-corrected chi connectivity index (χ3v) is 13.2. The fourth-order valence-electron chi connectivity index (χ4n) is 9.19. The van der Waals surface area contributed by atoms with Crippen LogP contribution in [0.4, 0.5) is 0 Å². The zero-order chi connectivity index (χ0) is 52.7. The molecule has 0 aliphatic carbocycles. The van der Waals surface area contributed by atoms with E-state index in [4.69, 9.17) is 15.5 Å². The van der Waals surface area contributed by atoms with Crippen LogP contribution in [0.3, 0.4) is 0 Å². The first-order valence-electron chi connectivity index (χ1n) is 26.1. The van der Waals surface area contributed by atoms with E-state index in [0.717, 1.165) is 66.8 Å². The van der Waals surface area contributed by atoms with Crippen molar-refractivity contribution < 1.29 is 31.7 Å². The van der Waals surface area contributed by atoms with Crippen molar-refractivity contribution in [2.75, 3.05) is 0 Å². The van der Waals surface area contributed by atoms with Crippen LogP contribution < -0.4 is 0 Å². The van der Waals surface area contributed by atoms with Gasteiger partial charge in [-0.3, -0.25) is 9.55 Å². The van der Waals surface area contributed by atoms with E-state index in [2.05, 4.69) is 203 Å². The third-order valence-electron chi connectivity index (χ3n) is 13.2. The third kappa shape index (κ3) is 9.86. The molecule has 0 bridgehead atoms. The van der Waals surface area contributed by atoms with E-state index >= 15 is 0 Å². The molecule has 0 saturated carbocycles. The quantitative estimate of drug-likeness (QED) is 0.162. The summed E-state index contributed by atoms with van der Waals surface area (Å²) in [5.41, 5.74) is 14.5. The van der Waals surface area contributed by atoms with Crippen LogP contribution in [0.5, 0.6) is 5.75 Å². The van der Waals surface area contributed by atoms with Gasteiger partial charge in [0.1, 0.15) is 11.6 Å². The molecule has 5 heteroatoms. The number of pyridine rings is 1. The summed E-state index contributed by atoms with van der Waals surface area (Å²) in [5.74, 6) is 0.801. The summed E-state index contributed by atoms with van der Waals surface area (Å²) < 4.78 is 37.2. The van der Waals surface area contributed by atoms with Gasteiger partial charge in [0.2, 0.25) is 0 Å². The SMILES string of the molecule is [2H]c1c([2H])c(-c2ccnc(-c3[c-]c(-c4cccc5c4nc(-c4cc(C(C)(C)C)cc(C(C)(C)C)c4O)n5-c4cc(-c5ccccc5)c(C(C)(C)C)cc4-c4ccccc4)cc(C(C)(C)C)c3)c2)c([2H])c([2H])c1C.[Pt]. The number of phenols is 1.